The molecule has 1 amide bonds. The van der Waals surface area contributed by atoms with Gasteiger partial charge in [-0.25, -0.2) is 0 Å². The third-order valence-electron chi connectivity index (χ3n) is 4.44. The second kappa shape index (κ2) is 7.49. The van der Waals surface area contributed by atoms with Crippen LogP contribution in [0.3, 0.4) is 0 Å². The molecule has 2 aromatic rings. The molecule has 1 saturated heterocycles. The van der Waals surface area contributed by atoms with Gasteiger partial charge in [0.25, 0.3) is 0 Å². The van der Waals surface area contributed by atoms with Crippen LogP contribution in [-0.2, 0) is 4.79 Å². The van der Waals surface area contributed by atoms with Gasteiger partial charge in [0, 0.05) is 31.6 Å². The van der Waals surface area contributed by atoms with Gasteiger partial charge >= 0.3 is 0 Å². The van der Waals surface area contributed by atoms with Crippen molar-refractivity contribution in [3.05, 3.63) is 60.2 Å². The fourth-order valence-corrected chi connectivity index (χ4v) is 3.25. The standard InChI is InChI=1S/C20H24N2O2/c1-15(23)21-17-8-10-18(11-9-17)24-20-12-13-22(2)14-19(20)16-6-4-3-5-7-16/h3-11,19-20H,12-14H2,1-2H3,(H,21,23)/t19-,20+/m1/s1. The molecule has 1 N–H and O–H groups in total. The molecule has 0 spiro atoms. The number of carbonyl (C=O) groups excluding carboxylic acids is 1. The van der Waals surface area contributed by atoms with Crippen molar-refractivity contribution in [3.63, 3.8) is 0 Å². The molecule has 0 bridgehead atoms. The molecule has 0 unspecified atom stereocenters. The summed E-state index contributed by atoms with van der Waals surface area (Å²) in [5.74, 6) is 1.14. The topological polar surface area (TPSA) is 41.6 Å². The Morgan fingerprint density at radius 2 is 1.83 bits per heavy atom. The molecule has 2 aromatic carbocycles. The highest BCUT2D eigenvalue weighted by Gasteiger charge is 2.30. The van der Waals surface area contributed by atoms with Crippen molar-refractivity contribution in [2.75, 3.05) is 25.5 Å². The summed E-state index contributed by atoms with van der Waals surface area (Å²) in [5, 5.41) is 2.77. The van der Waals surface area contributed by atoms with Crippen LogP contribution in [0.2, 0.25) is 0 Å². The first-order valence-electron chi connectivity index (χ1n) is 8.39. The van der Waals surface area contributed by atoms with Crippen LogP contribution in [-0.4, -0.2) is 37.0 Å². The van der Waals surface area contributed by atoms with Gasteiger partial charge in [-0.1, -0.05) is 30.3 Å². The van der Waals surface area contributed by atoms with Crippen molar-refractivity contribution < 1.29 is 9.53 Å². The van der Waals surface area contributed by atoms with Gasteiger partial charge < -0.3 is 15.0 Å². The van der Waals surface area contributed by atoms with Gasteiger partial charge in [-0.15, -0.1) is 0 Å². The van der Waals surface area contributed by atoms with Crippen LogP contribution >= 0.6 is 0 Å². The SMILES string of the molecule is CC(=O)Nc1ccc(O[C@H]2CCN(C)C[C@@H]2c2ccccc2)cc1. The summed E-state index contributed by atoms with van der Waals surface area (Å²) < 4.78 is 6.29. The molecule has 1 aliphatic heterocycles. The van der Waals surface area contributed by atoms with E-state index in [4.69, 9.17) is 4.74 Å². The number of amides is 1. The van der Waals surface area contributed by atoms with E-state index in [0.717, 1.165) is 30.9 Å². The number of likely N-dealkylation sites (N-methyl/N-ethyl adjacent to an activating group) is 1. The first kappa shape index (κ1) is 16.5. The Balaban J connectivity index is 1.73. The Morgan fingerprint density at radius 1 is 1.12 bits per heavy atom. The van der Waals surface area contributed by atoms with Crippen LogP contribution in [0.5, 0.6) is 5.75 Å². The van der Waals surface area contributed by atoms with E-state index in [1.807, 2.05) is 30.3 Å². The van der Waals surface area contributed by atoms with Gasteiger partial charge in [0.1, 0.15) is 11.9 Å². The number of piperidine rings is 1. The van der Waals surface area contributed by atoms with Crippen LogP contribution in [0, 0.1) is 0 Å². The van der Waals surface area contributed by atoms with Crippen molar-refractivity contribution in [3.8, 4) is 5.75 Å². The number of nitrogens with one attached hydrogen (secondary N) is 1. The molecule has 0 aromatic heterocycles. The van der Waals surface area contributed by atoms with Gasteiger partial charge in [0.2, 0.25) is 5.91 Å². The van der Waals surface area contributed by atoms with Crippen molar-refractivity contribution >= 4 is 11.6 Å². The average Bonchev–Trinajstić information content (AvgIpc) is 2.58. The molecule has 0 radical (unpaired) electrons. The molecule has 0 aliphatic carbocycles. The fourth-order valence-electron chi connectivity index (χ4n) is 3.25. The maximum atomic E-state index is 11.1. The lowest BCUT2D eigenvalue weighted by atomic mass is 9.88. The molecule has 3 rings (SSSR count). The molecule has 0 saturated carbocycles. The Hall–Kier alpha value is -2.33. The highest BCUT2D eigenvalue weighted by molar-refractivity contribution is 5.88. The van der Waals surface area contributed by atoms with Gasteiger partial charge in [-0.2, -0.15) is 0 Å². The molecule has 1 fully saturated rings. The third-order valence-corrected chi connectivity index (χ3v) is 4.44. The van der Waals surface area contributed by atoms with E-state index in [-0.39, 0.29) is 12.0 Å². The van der Waals surface area contributed by atoms with Crippen LogP contribution in [0.1, 0.15) is 24.8 Å². The third kappa shape index (κ3) is 4.15. The summed E-state index contributed by atoms with van der Waals surface area (Å²) in [6.45, 7) is 3.55. The Kier molecular flexibility index (Phi) is 5.16. The Bertz CT molecular complexity index is 670. The van der Waals surface area contributed by atoms with Crippen LogP contribution in [0.25, 0.3) is 0 Å². The lowest BCUT2D eigenvalue weighted by molar-refractivity contribution is -0.114. The summed E-state index contributed by atoms with van der Waals surface area (Å²) in [5.41, 5.74) is 2.11. The summed E-state index contributed by atoms with van der Waals surface area (Å²) in [7, 11) is 2.16. The zero-order valence-electron chi connectivity index (χ0n) is 14.2. The molecular weight excluding hydrogens is 300 g/mol. The molecule has 2 atom stereocenters. The minimum atomic E-state index is -0.0665. The summed E-state index contributed by atoms with van der Waals surface area (Å²) >= 11 is 0. The van der Waals surface area contributed by atoms with Crippen LogP contribution in [0.15, 0.2) is 54.6 Å². The van der Waals surface area contributed by atoms with E-state index in [2.05, 4.69) is 41.5 Å². The summed E-state index contributed by atoms with van der Waals surface area (Å²) in [6.07, 6.45) is 1.17. The minimum Gasteiger partial charge on any atom is -0.490 e. The van der Waals surface area contributed by atoms with E-state index >= 15 is 0 Å². The molecule has 126 valence electrons. The first-order chi connectivity index (χ1) is 11.6. The smallest absolute Gasteiger partial charge is 0.221 e. The highest BCUT2D eigenvalue weighted by Crippen LogP contribution is 2.30. The molecule has 1 heterocycles. The second-order valence-corrected chi connectivity index (χ2v) is 6.43. The predicted molar refractivity (Wildman–Crippen MR) is 96.5 cm³/mol. The van der Waals surface area contributed by atoms with Gasteiger partial charge in [-0.3, -0.25) is 4.79 Å². The molecule has 24 heavy (non-hydrogen) atoms. The van der Waals surface area contributed by atoms with E-state index in [0.29, 0.717) is 5.92 Å². The van der Waals surface area contributed by atoms with Crippen molar-refractivity contribution in [1.82, 2.24) is 4.90 Å². The van der Waals surface area contributed by atoms with Crippen LogP contribution < -0.4 is 10.1 Å². The number of ether oxygens (including phenoxy) is 1. The number of likely N-dealkylation sites (tertiary alicyclic amines) is 1. The zero-order valence-corrected chi connectivity index (χ0v) is 14.2. The van der Waals surface area contributed by atoms with E-state index in [1.54, 1.807) is 0 Å². The Labute approximate surface area is 143 Å². The van der Waals surface area contributed by atoms with E-state index in [1.165, 1.54) is 12.5 Å². The normalized spacial score (nSPS) is 21.2. The maximum absolute atomic E-state index is 11.1. The lowest BCUT2D eigenvalue weighted by Gasteiger charge is -2.37. The molecule has 1 aliphatic rings. The number of anilines is 1. The zero-order chi connectivity index (χ0) is 16.9. The number of hydrogen-bond acceptors (Lipinski definition) is 3. The van der Waals surface area contributed by atoms with E-state index in [9.17, 15) is 4.79 Å². The van der Waals surface area contributed by atoms with Gasteiger partial charge in [-0.05, 0) is 43.3 Å². The number of rotatable bonds is 4. The average molecular weight is 324 g/mol. The van der Waals surface area contributed by atoms with Crippen molar-refractivity contribution in [1.29, 1.82) is 0 Å². The lowest BCUT2D eigenvalue weighted by Crippen LogP contribution is -2.42. The summed E-state index contributed by atoms with van der Waals surface area (Å²) in [6, 6.07) is 18.2. The van der Waals surface area contributed by atoms with Crippen molar-refractivity contribution in [2.45, 2.75) is 25.4 Å². The molecule has 4 heteroatoms. The maximum Gasteiger partial charge on any atom is 0.221 e. The van der Waals surface area contributed by atoms with Gasteiger partial charge in [0.05, 0.1) is 0 Å². The Morgan fingerprint density at radius 3 is 2.50 bits per heavy atom. The quantitative estimate of drug-likeness (QED) is 0.936. The fraction of sp³-hybridized carbons (Fsp3) is 0.350. The predicted octanol–water partition coefficient (Wildman–Crippen LogP) is 3.51. The monoisotopic (exact) mass is 324 g/mol. The highest BCUT2D eigenvalue weighted by atomic mass is 16.5. The van der Waals surface area contributed by atoms with Crippen LogP contribution in [0.4, 0.5) is 5.69 Å². The number of nitrogens with zero attached hydrogens (tertiary/aromatic N) is 1. The number of benzene rings is 2. The largest absolute Gasteiger partial charge is 0.490 e. The van der Waals surface area contributed by atoms with Crippen molar-refractivity contribution in [2.24, 2.45) is 0 Å². The van der Waals surface area contributed by atoms with E-state index < -0.39 is 0 Å². The van der Waals surface area contributed by atoms with Gasteiger partial charge in [0.15, 0.2) is 0 Å². The molecular formula is C20H24N2O2. The first-order valence-corrected chi connectivity index (χ1v) is 8.39. The minimum absolute atomic E-state index is 0.0665. The second-order valence-electron chi connectivity index (χ2n) is 6.43. The number of carbonyl (C=O) groups is 1. The number of hydrogen-bond donors (Lipinski definition) is 1. The summed E-state index contributed by atoms with van der Waals surface area (Å²) in [4.78, 5) is 13.5. The molecule has 4 nitrogen and oxygen atoms in total.